The van der Waals surface area contributed by atoms with Gasteiger partial charge in [-0.1, -0.05) is 90.4 Å². The second-order valence-corrected chi connectivity index (χ2v) is 8.18. The number of aliphatic hydroxyl groups is 1. The molecule has 2 unspecified atom stereocenters. The number of ether oxygens (including phenoxy) is 2. The normalized spacial score (nSPS) is 22.4. The topological polar surface area (TPSA) is 38.7 Å². The van der Waals surface area contributed by atoms with E-state index in [-0.39, 0.29) is 6.10 Å². The van der Waals surface area contributed by atoms with Gasteiger partial charge < -0.3 is 14.6 Å². The highest BCUT2D eigenvalue weighted by atomic mass is 16.5. The van der Waals surface area contributed by atoms with Crippen molar-refractivity contribution in [2.45, 2.75) is 128 Å². The van der Waals surface area contributed by atoms with Gasteiger partial charge in [-0.15, -0.1) is 0 Å². The quantitative estimate of drug-likeness (QED) is 0.359. The number of unbranched alkanes of at least 4 members (excludes halogenated alkanes) is 11. The molecular weight excluding hydrogens is 324 g/mol. The van der Waals surface area contributed by atoms with Gasteiger partial charge in [0.25, 0.3) is 0 Å². The van der Waals surface area contributed by atoms with Crippen molar-refractivity contribution < 1.29 is 14.6 Å². The molecule has 0 radical (unpaired) electrons. The van der Waals surface area contributed by atoms with Crippen molar-refractivity contribution in [3.63, 3.8) is 0 Å². The Labute approximate surface area is 163 Å². The van der Waals surface area contributed by atoms with Crippen LogP contribution in [-0.2, 0) is 9.47 Å². The summed E-state index contributed by atoms with van der Waals surface area (Å²) < 4.78 is 11.6. The van der Waals surface area contributed by atoms with E-state index in [2.05, 4.69) is 6.92 Å². The molecule has 1 saturated heterocycles. The summed E-state index contributed by atoms with van der Waals surface area (Å²) in [7, 11) is 0. The van der Waals surface area contributed by atoms with Gasteiger partial charge in [-0.05, 0) is 25.7 Å². The van der Waals surface area contributed by atoms with Gasteiger partial charge in [-0.25, -0.2) is 0 Å². The second kappa shape index (κ2) is 18.3. The lowest BCUT2D eigenvalue weighted by atomic mass is 10.0. The van der Waals surface area contributed by atoms with Crippen LogP contribution in [0.3, 0.4) is 0 Å². The Morgan fingerprint density at radius 3 is 2.00 bits per heavy atom. The summed E-state index contributed by atoms with van der Waals surface area (Å²) in [5.74, 6) is 0. The van der Waals surface area contributed by atoms with Gasteiger partial charge >= 0.3 is 0 Å². The van der Waals surface area contributed by atoms with Crippen LogP contribution in [0.5, 0.6) is 0 Å². The molecule has 3 heteroatoms. The lowest BCUT2D eigenvalue weighted by molar-refractivity contribution is -0.0149. The summed E-state index contributed by atoms with van der Waals surface area (Å²) in [5.41, 5.74) is 0. The van der Waals surface area contributed by atoms with Crippen LogP contribution in [-0.4, -0.2) is 37.1 Å². The van der Waals surface area contributed by atoms with Gasteiger partial charge in [0.2, 0.25) is 0 Å². The van der Waals surface area contributed by atoms with Crippen molar-refractivity contribution in [1.82, 2.24) is 0 Å². The van der Waals surface area contributed by atoms with Crippen molar-refractivity contribution >= 4 is 0 Å². The average Bonchev–Trinajstić information content (AvgIpc) is 2.65. The number of hydrogen-bond donors (Lipinski definition) is 1. The van der Waals surface area contributed by atoms with E-state index in [4.69, 9.17) is 9.47 Å². The van der Waals surface area contributed by atoms with E-state index in [9.17, 15) is 5.11 Å². The molecule has 0 amide bonds. The van der Waals surface area contributed by atoms with Gasteiger partial charge in [-0.3, -0.25) is 0 Å². The first-order chi connectivity index (χ1) is 12.8. The number of aliphatic hydroxyl groups excluding tert-OH is 1. The second-order valence-electron chi connectivity index (χ2n) is 8.18. The zero-order valence-electron chi connectivity index (χ0n) is 17.6. The van der Waals surface area contributed by atoms with Crippen molar-refractivity contribution in [2.75, 3.05) is 19.8 Å². The Kier molecular flexibility index (Phi) is 16.8. The van der Waals surface area contributed by atoms with Crippen LogP contribution in [0, 0.1) is 0 Å². The molecule has 1 N–H and O–H groups in total. The molecule has 1 aliphatic heterocycles. The molecule has 0 saturated carbocycles. The molecule has 0 bridgehead atoms. The molecule has 0 aromatic heterocycles. The number of rotatable bonds is 14. The van der Waals surface area contributed by atoms with Crippen molar-refractivity contribution in [3.05, 3.63) is 0 Å². The minimum atomic E-state index is -0.270. The summed E-state index contributed by atoms with van der Waals surface area (Å²) in [6.45, 7) is 4.40. The van der Waals surface area contributed by atoms with Gasteiger partial charge in [-0.2, -0.15) is 0 Å². The molecule has 1 fully saturated rings. The van der Waals surface area contributed by atoms with E-state index < -0.39 is 0 Å². The average molecular weight is 371 g/mol. The molecule has 1 rings (SSSR count). The lowest BCUT2D eigenvalue weighted by Crippen LogP contribution is -2.22. The van der Waals surface area contributed by atoms with Gasteiger partial charge in [0.1, 0.15) is 0 Å². The summed E-state index contributed by atoms with van der Waals surface area (Å²) in [5, 5.41) is 9.68. The zero-order chi connectivity index (χ0) is 18.7. The molecule has 0 aliphatic carbocycles. The van der Waals surface area contributed by atoms with Crippen LogP contribution in [0.2, 0.25) is 0 Å². The molecule has 2 atom stereocenters. The summed E-state index contributed by atoms with van der Waals surface area (Å²) in [6, 6.07) is 0. The predicted molar refractivity (Wildman–Crippen MR) is 111 cm³/mol. The summed E-state index contributed by atoms with van der Waals surface area (Å²) >= 11 is 0. The summed E-state index contributed by atoms with van der Waals surface area (Å²) in [4.78, 5) is 0. The molecule has 3 nitrogen and oxygen atoms in total. The highest BCUT2D eigenvalue weighted by molar-refractivity contribution is 4.63. The zero-order valence-corrected chi connectivity index (χ0v) is 17.6. The molecule has 156 valence electrons. The third-order valence-corrected chi connectivity index (χ3v) is 5.56. The molecule has 0 spiro atoms. The van der Waals surface area contributed by atoms with Crippen molar-refractivity contribution in [1.29, 1.82) is 0 Å². The minimum Gasteiger partial charge on any atom is -0.391 e. The van der Waals surface area contributed by atoms with E-state index in [0.717, 1.165) is 38.9 Å². The first kappa shape index (κ1) is 23.9. The molecule has 0 aromatic carbocycles. The van der Waals surface area contributed by atoms with Crippen LogP contribution < -0.4 is 0 Å². The fourth-order valence-corrected chi connectivity index (χ4v) is 3.77. The van der Waals surface area contributed by atoms with Crippen LogP contribution in [0.1, 0.15) is 116 Å². The fourth-order valence-electron chi connectivity index (χ4n) is 3.77. The highest BCUT2D eigenvalue weighted by Crippen LogP contribution is 2.16. The maximum Gasteiger partial charge on any atom is 0.0773 e. The largest absolute Gasteiger partial charge is 0.391 e. The van der Waals surface area contributed by atoms with E-state index >= 15 is 0 Å². The van der Waals surface area contributed by atoms with E-state index in [0.29, 0.717) is 12.7 Å². The highest BCUT2D eigenvalue weighted by Gasteiger charge is 2.13. The first-order valence-electron chi connectivity index (χ1n) is 11.7. The molecule has 1 aliphatic rings. The maximum absolute atomic E-state index is 9.68. The van der Waals surface area contributed by atoms with Gasteiger partial charge in [0, 0.05) is 13.2 Å². The monoisotopic (exact) mass is 370 g/mol. The SMILES string of the molecule is CCCCCCCCCCCCCCOC1CCCCC(O)COCC1. The third kappa shape index (κ3) is 15.0. The standard InChI is InChI=1S/C23H46O3/c1-2-3-4-5-6-7-8-9-10-11-12-15-19-26-23-17-14-13-16-22(24)21-25-20-18-23/h22-24H,2-21H2,1H3. The van der Waals surface area contributed by atoms with Crippen molar-refractivity contribution in [2.24, 2.45) is 0 Å². The first-order valence-corrected chi connectivity index (χ1v) is 11.7. The van der Waals surface area contributed by atoms with Gasteiger partial charge in [0.05, 0.1) is 18.8 Å². The number of hydrogen-bond acceptors (Lipinski definition) is 3. The Morgan fingerprint density at radius 2 is 1.35 bits per heavy atom. The van der Waals surface area contributed by atoms with E-state index in [1.54, 1.807) is 0 Å². The fraction of sp³-hybridized carbons (Fsp3) is 1.00. The molecular formula is C23H46O3. The van der Waals surface area contributed by atoms with Crippen molar-refractivity contribution in [3.8, 4) is 0 Å². The molecule has 26 heavy (non-hydrogen) atoms. The lowest BCUT2D eigenvalue weighted by Gasteiger charge is -2.21. The van der Waals surface area contributed by atoms with Crippen LogP contribution in [0.4, 0.5) is 0 Å². The Hall–Kier alpha value is -0.120. The van der Waals surface area contributed by atoms with Gasteiger partial charge in [0.15, 0.2) is 0 Å². The predicted octanol–water partition coefficient (Wildman–Crippen LogP) is 6.41. The van der Waals surface area contributed by atoms with Crippen LogP contribution in [0.25, 0.3) is 0 Å². The van der Waals surface area contributed by atoms with E-state index in [1.807, 2.05) is 0 Å². The maximum atomic E-state index is 9.68. The van der Waals surface area contributed by atoms with Crippen LogP contribution >= 0.6 is 0 Å². The van der Waals surface area contributed by atoms with Crippen LogP contribution in [0.15, 0.2) is 0 Å². The Morgan fingerprint density at radius 1 is 0.769 bits per heavy atom. The summed E-state index contributed by atoms with van der Waals surface area (Å²) in [6.07, 6.45) is 22.0. The van der Waals surface area contributed by atoms with E-state index in [1.165, 1.54) is 83.5 Å². The smallest absolute Gasteiger partial charge is 0.0773 e. The molecule has 0 aromatic rings. The Balaban J connectivity index is 1.85. The Bertz CT molecular complexity index is 271. The molecule has 1 heterocycles. The third-order valence-electron chi connectivity index (χ3n) is 5.56. The minimum absolute atomic E-state index is 0.270.